The van der Waals surface area contributed by atoms with Crippen LogP contribution in [-0.2, 0) is 0 Å². The summed E-state index contributed by atoms with van der Waals surface area (Å²) in [6, 6.07) is 0.620. The van der Waals surface area contributed by atoms with E-state index in [1.165, 1.54) is 19.3 Å². The molecule has 3 atom stereocenters. The molecule has 0 bridgehead atoms. The zero-order valence-corrected chi connectivity index (χ0v) is 13.3. The largest absolute Gasteiger partial charge is 0.316 e. The SMILES string of the molecule is CNC1CCC(C(C)C)CC1Sc1nnc(C)s1. The average Bonchev–Trinajstić information content (AvgIpc) is 2.74. The van der Waals surface area contributed by atoms with Gasteiger partial charge in [-0.2, -0.15) is 0 Å². The predicted molar refractivity (Wildman–Crippen MR) is 79.3 cm³/mol. The minimum atomic E-state index is 0.620. The zero-order valence-electron chi connectivity index (χ0n) is 11.6. The van der Waals surface area contributed by atoms with Crippen LogP contribution >= 0.6 is 23.1 Å². The summed E-state index contributed by atoms with van der Waals surface area (Å²) in [5.74, 6) is 1.66. The molecule has 1 aromatic heterocycles. The van der Waals surface area contributed by atoms with Gasteiger partial charge in [-0.15, -0.1) is 10.2 Å². The highest BCUT2D eigenvalue weighted by molar-refractivity contribution is 8.01. The van der Waals surface area contributed by atoms with Crippen LogP contribution in [0.1, 0.15) is 38.1 Å². The summed E-state index contributed by atoms with van der Waals surface area (Å²) in [7, 11) is 2.08. The molecule has 1 aromatic rings. The molecule has 1 heterocycles. The first-order valence-corrected chi connectivity index (χ1v) is 8.43. The molecule has 0 aromatic carbocycles. The van der Waals surface area contributed by atoms with E-state index in [0.29, 0.717) is 11.3 Å². The normalized spacial score (nSPS) is 28.8. The third kappa shape index (κ3) is 3.45. The number of aromatic nitrogens is 2. The molecule has 1 fully saturated rings. The lowest BCUT2D eigenvalue weighted by molar-refractivity contribution is 0.251. The van der Waals surface area contributed by atoms with Gasteiger partial charge in [-0.3, -0.25) is 0 Å². The smallest absolute Gasteiger partial charge is 0.174 e. The average molecular weight is 285 g/mol. The number of aryl methyl sites for hydroxylation is 1. The Bertz CT molecular complexity index is 378. The Morgan fingerprint density at radius 1 is 1.33 bits per heavy atom. The third-order valence-electron chi connectivity index (χ3n) is 3.91. The molecular formula is C13H23N3S2. The molecule has 102 valence electrons. The number of thioether (sulfide) groups is 1. The first kappa shape index (κ1) is 14.3. The van der Waals surface area contributed by atoms with Crippen LogP contribution in [0.2, 0.25) is 0 Å². The van der Waals surface area contributed by atoms with Gasteiger partial charge in [0.2, 0.25) is 0 Å². The molecule has 0 aliphatic heterocycles. The van der Waals surface area contributed by atoms with Crippen molar-refractivity contribution in [2.45, 2.75) is 55.7 Å². The molecule has 1 N–H and O–H groups in total. The van der Waals surface area contributed by atoms with Crippen LogP contribution in [0.25, 0.3) is 0 Å². The van der Waals surface area contributed by atoms with Crippen molar-refractivity contribution in [3.05, 3.63) is 5.01 Å². The van der Waals surface area contributed by atoms with Crippen molar-refractivity contribution in [1.82, 2.24) is 15.5 Å². The van der Waals surface area contributed by atoms with Gasteiger partial charge in [-0.05, 0) is 45.1 Å². The molecule has 1 aliphatic rings. The minimum Gasteiger partial charge on any atom is -0.316 e. The van der Waals surface area contributed by atoms with Gasteiger partial charge in [-0.1, -0.05) is 36.9 Å². The van der Waals surface area contributed by atoms with E-state index in [9.17, 15) is 0 Å². The van der Waals surface area contributed by atoms with Crippen molar-refractivity contribution < 1.29 is 0 Å². The van der Waals surface area contributed by atoms with Crippen LogP contribution in [0, 0.1) is 18.8 Å². The van der Waals surface area contributed by atoms with E-state index in [1.54, 1.807) is 11.3 Å². The maximum Gasteiger partial charge on any atom is 0.174 e. The Labute approximate surface area is 118 Å². The van der Waals surface area contributed by atoms with E-state index in [-0.39, 0.29) is 0 Å². The Morgan fingerprint density at radius 3 is 2.67 bits per heavy atom. The summed E-state index contributed by atoms with van der Waals surface area (Å²) >= 11 is 3.64. The van der Waals surface area contributed by atoms with Gasteiger partial charge in [-0.25, -0.2) is 0 Å². The van der Waals surface area contributed by atoms with Crippen LogP contribution in [0.15, 0.2) is 4.34 Å². The van der Waals surface area contributed by atoms with Gasteiger partial charge in [0.25, 0.3) is 0 Å². The first-order chi connectivity index (χ1) is 8.60. The van der Waals surface area contributed by atoms with Gasteiger partial charge in [0.15, 0.2) is 4.34 Å². The van der Waals surface area contributed by atoms with Crippen LogP contribution in [0.4, 0.5) is 0 Å². The van der Waals surface area contributed by atoms with E-state index >= 15 is 0 Å². The summed E-state index contributed by atoms with van der Waals surface area (Å²) in [4.78, 5) is 0. The lowest BCUT2D eigenvalue weighted by Gasteiger charge is -2.36. The maximum absolute atomic E-state index is 4.25. The van der Waals surface area contributed by atoms with Gasteiger partial charge in [0, 0.05) is 11.3 Å². The van der Waals surface area contributed by atoms with Crippen molar-refractivity contribution in [3.63, 3.8) is 0 Å². The molecule has 18 heavy (non-hydrogen) atoms. The number of rotatable bonds is 4. The molecule has 5 heteroatoms. The second-order valence-electron chi connectivity index (χ2n) is 5.46. The molecule has 3 nitrogen and oxygen atoms in total. The Balaban J connectivity index is 2.02. The summed E-state index contributed by atoms with van der Waals surface area (Å²) in [6.07, 6.45) is 3.94. The third-order valence-corrected chi connectivity index (χ3v) is 6.18. The Kier molecular flexibility index (Phi) is 5.04. The highest BCUT2D eigenvalue weighted by Crippen LogP contribution is 2.39. The van der Waals surface area contributed by atoms with Gasteiger partial charge >= 0.3 is 0 Å². The van der Waals surface area contributed by atoms with Gasteiger partial charge < -0.3 is 5.32 Å². The molecular weight excluding hydrogens is 262 g/mol. The molecule has 0 radical (unpaired) electrons. The number of hydrogen-bond acceptors (Lipinski definition) is 5. The number of nitrogens with zero attached hydrogens (tertiary/aromatic N) is 2. The lowest BCUT2D eigenvalue weighted by Crippen LogP contribution is -2.41. The molecule has 0 amide bonds. The highest BCUT2D eigenvalue weighted by atomic mass is 32.2. The highest BCUT2D eigenvalue weighted by Gasteiger charge is 2.32. The maximum atomic E-state index is 4.25. The second-order valence-corrected chi connectivity index (χ2v) is 8.12. The molecule has 0 saturated heterocycles. The zero-order chi connectivity index (χ0) is 13.1. The van der Waals surface area contributed by atoms with Crippen LogP contribution in [-0.4, -0.2) is 28.5 Å². The van der Waals surface area contributed by atoms with Gasteiger partial charge in [0.05, 0.1) is 0 Å². The van der Waals surface area contributed by atoms with Crippen molar-refractivity contribution >= 4 is 23.1 Å². The molecule has 0 spiro atoms. The topological polar surface area (TPSA) is 37.8 Å². The van der Waals surface area contributed by atoms with Crippen molar-refractivity contribution in [2.75, 3.05) is 7.05 Å². The van der Waals surface area contributed by atoms with Crippen molar-refractivity contribution in [2.24, 2.45) is 11.8 Å². The predicted octanol–water partition coefficient (Wildman–Crippen LogP) is 3.35. The van der Waals surface area contributed by atoms with Crippen molar-refractivity contribution in [3.8, 4) is 0 Å². The summed E-state index contributed by atoms with van der Waals surface area (Å²) in [5.41, 5.74) is 0. The quantitative estimate of drug-likeness (QED) is 0.920. The summed E-state index contributed by atoms with van der Waals surface area (Å²) < 4.78 is 1.13. The fourth-order valence-electron chi connectivity index (χ4n) is 2.68. The summed E-state index contributed by atoms with van der Waals surface area (Å²) in [5, 5.41) is 13.5. The Hall–Kier alpha value is -0.130. The minimum absolute atomic E-state index is 0.620. The lowest BCUT2D eigenvalue weighted by atomic mass is 9.79. The monoisotopic (exact) mass is 285 g/mol. The van der Waals surface area contributed by atoms with E-state index in [4.69, 9.17) is 0 Å². The molecule has 1 aliphatic carbocycles. The summed E-state index contributed by atoms with van der Waals surface area (Å²) in [6.45, 7) is 6.72. The fraction of sp³-hybridized carbons (Fsp3) is 0.846. The number of nitrogens with one attached hydrogen (secondary N) is 1. The number of hydrogen-bond donors (Lipinski definition) is 1. The van der Waals surface area contributed by atoms with Crippen LogP contribution in [0.5, 0.6) is 0 Å². The standard InChI is InChI=1S/C13H23N3S2/c1-8(2)10-5-6-11(14-4)12(7-10)18-13-16-15-9(3)17-13/h8,10-12,14H,5-7H2,1-4H3. The second kappa shape index (κ2) is 6.35. The molecule has 2 rings (SSSR count). The molecule has 3 unspecified atom stereocenters. The molecule has 1 saturated carbocycles. The van der Waals surface area contributed by atoms with Crippen LogP contribution in [0.3, 0.4) is 0 Å². The fourth-order valence-corrected chi connectivity index (χ4v) is 5.15. The Morgan fingerprint density at radius 2 is 2.11 bits per heavy atom. The van der Waals surface area contributed by atoms with E-state index < -0.39 is 0 Å². The van der Waals surface area contributed by atoms with E-state index in [1.807, 2.05) is 18.7 Å². The van der Waals surface area contributed by atoms with Crippen LogP contribution < -0.4 is 5.32 Å². The van der Waals surface area contributed by atoms with E-state index in [2.05, 4.69) is 36.4 Å². The van der Waals surface area contributed by atoms with E-state index in [0.717, 1.165) is 21.2 Å². The van der Waals surface area contributed by atoms with Crippen molar-refractivity contribution in [1.29, 1.82) is 0 Å². The first-order valence-electron chi connectivity index (χ1n) is 6.74. The van der Waals surface area contributed by atoms with Gasteiger partial charge in [0.1, 0.15) is 5.01 Å².